The summed E-state index contributed by atoms with van der Waals surface area (Å²) in [6.07, 6.45) is 0. The van der Waals surface area contributed by atoms with Gasteiger partial charge < -0.3 is 4.57 Å². The molecular weight excluding hydrogens is 679 g/mol. The summed E-state index contributed by atoms with van der Waals surface area (Å²) < 4.78 is 7.89. The van der Waals surface area contributed by atoms with Crippen LogP contribution in [0.3, 0.4) is 0 Å². The Hall–Kier alpha value is -6.26. The smallest absolute Gasteiger partial charge is 0.0619 e. The van der Waals surface area contributed by atoms with Crippen LogP contribution in [0, 0.1) is 0 Å². The Kier molecular flexibility index (Phi) is 6.15. The van der Waals surface area contributed by atoms with E-state index in [1.54, 1.807) is 0 Å². The normalized spacial score (nSPS) is 12.2. The van der Waals surface area contributed by atoms with Crippen LogP contribution in [0.5, 0.6) is 0 Å². The molecule has 3 heteroatoms. The van der Waals surface area contributed by atoms with Crippen LogP contribution >= 0.6 is 22.7 Å². The summed E-state index contributed by atoms with van der Waals surface area (Å²) in [5.41, 5.74) is 8.66. The third kappa shape index (κ3) is 4.18. The van der Waals surface area contributed by atoms with Gasteiger partial charge in [0.25, 0.3) is 0 Å². The Morgan fingerprint density at radius 1 is 0.302 bits per heavy atom. The summed E-state index contributed by atoms with van der Waals surface area (Å²) in [4.78, 5) is 0. The Bertz CT molecular complexity index is 3340. The second-order valence-electron chi connectivity index (χ2n) is 14.0. The molecular formula is C50H29NS2. The van der Waals surface area contributed by atoms with Crippen LogP contribution in [-0.2, 0) is 0 Å². The van der Waals surface area contributed by atoms with E-state index in [2.05, 4.69) is 180 Å². The predicted molar refractivity (Wildman–Crippen MR) is 232 cm³/mol. The standard InChI is InChI=1S/C50H29NS2/c1-3-15-37-35(13-1)47(36-14-2-4-16-38(36)50(37)51-41-18-8-5-11-33(41)34-12-6-9-19-42(34)51)31-23-21-30(22-24-31)32-25-26-44-40(29-32)49-46(53-44)28-27-45-48(49)39-17-7-10-20-43(39)52-45/h1-29H. The third-order valence-corrected chi connectivity index (χ3v) is 13.5. The largest absolute Gasteiger partial charge is 0.308 e. The van der Waals surface area contributed by atoms with E-state index in [1.165, 1.54) is 112 Å². The molecule has 0 bridgehead atoms. The van der Waals surface area contributed by atoms with E-state index in [9.17, 15) is 0 Å². The minimum Gasteiger partial charge on any atom is -0.308 e. The van der Waals surface area contributed by atoms with E-state index in [1.807, 2.05) is 22.7 Å². The highest BCUT2D eigenvalue weighted by Crippen LogP contribution is 2.47. The third-order valence-electron chi connectivity index (χ3n) is 11.2. The van der Waals surface area contributed by atoms with Crippen molar-refractivity contribution in [3.8, 4) is 27.9 Å². The molecule has 0 fully saturated rings. The molecule has 0 radical (unpaired) electrons. The molecule has 9 aromatic carbocycles. The molecule has 1 nitrogen and oxygen atoms in total. The molecule has 53 heavy (non-hydrogen) atoms. The number of rotatable bonds is 3. The van der Waals surface area contributed by atoms with Crippen molar-refractivity contribution in [3.63, 3.8) is 0 Å². The van der Waals surface area contributed by atoms with Crippen molar-refractivity contribution < 1.29 is 0 Å². The lowest BCUT2D eigenvalue weighted by Crippen LogP contribution is -1.99. The zero-order chi connectivity index (χ0) is 34.6. The average molecular weight is 708 g/mol. The molecule has 0 saturated heterocycles. The van der Waals surface area contributed by atoms with E-state index >= 15 is 0 Å². The average Bonchev–Trinajstić information content (AvgIpc) is 3.89. The van der Waals surface area contributed by atoms with Gasteiger partial charge in [0.05, 0.1) is 16.7 Å². The second kappa shape index (κ2) is 11.1. The lowest BCUT2D eigenvalue weighted by molar-refractivity contribution is 1.21. The van der Waals surface area contributed by atoms with E-state index in [0.717, 1.165) is 0 Å². The molecule has 0 atom stereocenters. The Balaban J connectivity index is 1.05. The van der Waals surface area contributed by atoms with Crippen molar-refractivity contribution in [3.05, 3.63) is 176 Å². The molecule has 3 aromatic heterocycles. The fourth-order valence-electron chi connectivity index (χ4n) is 8.91. The summed E-state index contributed by atoms with van der Waals surface area (Å²) in [6.45, 7) is 0. The first-order valence-electron chi connectivity index (χ1n) is 18.1. The first kappa shape index (κ1) is 29.3. The maximum absolute atomic E-state index is 2.49. The zero-order valence-electron chi connectivity index (χ0n) is 28.5. The predicted octanol–water partition coefficient (Wildman–Crippen LogP) is 15.2. The SMILES string of the molecule is c1ccc2c(c1)sc1ccc3sc4ccc(-c5ccc(-c6c7ccccc7c(-n7c8ccccc8c8ccccc87)c7ccccc67)cc5)cc4c3c12. The van der Waals surface area contributed by atoms with E-state index in [0.29, 0.717) is 0 Å². The van der Waals surface area contributed by atoms with E-state index in [4.69, 9.17) is 0 Å². The van der Waals surface area contributed by atoms with Gasteiger partial charge in [-0.3, -0.25) is 0 Å². The van der Waals surface area contributed by atoms with Gasteiger partial charge in [-0.05, 0) is 75.5 Å². The van der Waals surface area contributed by atoms with Crippen LogP contribution in [-0.4, -0.2) is 4.57 Å². The van der Waals surface area contributed by atoms with Gasteiger partial charge >= 0.3 is 0 Å². The maximum Gasteiger partial charge on any atom is 0.0619 e. The summed E-state index contributed by atoms with van der Waals surface area (Å²) >= 11 is 3.79. The molecule has 0 spiro atoms. The molecule has 0 aliphatic heterocycles. The first-order valence-corrected chi connectivity index (χ1v) is 19.7. The highest BCUT2D eigenvalue weighted by molar-refractivity contribution is 7.28. The van der Waals surface area contributed by atoms with Crippen molar-refractivity contribution in [1.82, 2.24) is 4.57 Å². The minimum atomic E-state index is 1.23. The lowest BCUT2D eigenvalue weighted by Gasteiger charge is -2.19. The lowest BCUT2D eigenvalue weighted by atomic mass is 9.89. The molecule has 0 aliphatic rings. The van der Waals surface area contributed by atoms with Gasteiger partial charge in [0.15, 0.2) is 0 Å². The number of nitrogens with zero attached hydrogens (tertiary/aromatic N) is 1. The van der Waals surface area contributed by atoms with E-state index in [-0.39, 0.29) is 0 Å². The minimum absolute atomic E-state index is 1.23. The summed E-state index contributed by atoms with van der Waals surface area (Å²) in [5, 5.41) is 13.1. The quantitative estimate of drug-likeness (QED) is 0.161. The van der Waals surface area contributed by atoms with Crippen molar-refractivity contribution in [1.29, 1.82) is 0 Å². The van der Waals surface area contributed by atoms with Crippen LogP contribution in [0.4, 0.5) is 0 Å². The van der Waals surface area contributed by atoms with Crippen LogP contribution < -0.4 is 0 Å². The summed E-state index contributed by atoms with van der Waals surface area (Å²) in [6, 6.07) is 65.3. The molecule has 12 aromatic rings. The highest BCUT2D eigenvalue weighted by atomic mass is 32.1. The molecule has 0 saturated carbocycles. The molecule has 246 valence electrons. The number of para-hydroxylation sites is 2. The zero-order valence-corrected chi connectivity index (χ0v) is 30.1. The van der Waals surface area contributed by atoms with Gasteiger partial charge in [-0.15, -0.1) is 22.7 Å². The van der Waals surface area contributed by atoms with Crippen LogP contribution in [0.15, 0.2) is 176 Å². The number of aromatic nitrogens is 1. The Morgan fingerprint density at radius 3 is 1.36 bits per heavy atom. The molecule has 12 rings (SSSR count). The first-order chi connectivity index (χ1) is 26.3. The second-order valence-corrected chi connectivity index (χ2v) is 16.2. The monoisotopic (exact) mass is 707 g/mol. The van der Waals surface area contributed by atoms with Gasteiger partial charge in [0.1, 0.15) is 0 Å². The fourth-order valence-corrected chi connectivity index (χ4v) is 11.1. The van der Waals surface area contributed by atoms with Gasteiger partial charge in [-0.25, -0.2) is 0 Å². The molecule has 0 N–H and O–H groups in total. The number of hydrogen-bond donors (Lipinski definition) is 0. The number of benzene rings is 9. The van der Waals surface area contributed by atoms with Crippen molar-refractivity contribution >= 4 is 106 Å². The Labute approximate surface area is 313 Å². The topological polar surface area (TPSA) is 4.93 Å². The molecule has 0 aliphatic carbocycles. The molecule has 0 unspecified atom stereocenters. The molecule has 3 heterocycles. The van der Waals surface area contributed by atoms with Gasteiger partial charge in [0.2, 0.25) is 0 Å². The van der Waals surface area contributed by atoms with Crippen molar-refractivity contribution in [2.75, 3.05) is 0 Å². The van der Waals surface area contributed by atoms with Crippen molar-refractivity contribution in [2.24, 2.45) is 0 Å². The highest BCUT2D eigenvalue weighted by Gasteiger charge is 2.20. The number of fused-ring (bicyclic) bond motifs is 12. The van der Waals surface area contributed by atoms with Gasteiger partial charge in [0, 0.05) is 61.9 Å². The number of hydrogen-bond acceptors (Lipinski definition) is 2. The van der Waals surface area contributed by atoms with Crippen molar-refractivity contribution in [2.45, 2.75) is 0 Å². The Morgan fingerprint density at radius 2 is 0.736 bits per heavy atom. The molecule has 0 amide bonds. The summed E-state index contributed by atoms with van der Waals surface area (Å²) in [7, 11) is 0. The van der Waals surface area contributed by atoms with Gasteiger partial charge in [-0.2, -0.15) is 0 Å². The maximum atomic E-state index is 2.49. The van der Waals surface area contributed by atoms with Crippen LogP contribution in [0.1, 0.15) is 0 Å². The fraction of sp³-hybridized carbons (Fsp3) is 0. The summed E-state index contributed by atoms with van der Waals surface area (Å²) in [5.74, 6) is 0. The van der Waals surface area contributed by atoms with E-state index < -0.39 is 0 Å². The van der Waals surface area contributed by atoms with Crippen LogP contribution in [0.25, 0.3) is 112 Å². The van der Waals surface area contributed by atoms with Gasteiger partial charge in [-0.1, -0.05) is 133 Å². The number of thiophene rings is 2. The van der Waals surface area contributed by atoms with Crippen LogP contribution in [0.2, 0.25) is 0 Å².